The van der Waals surface area contributed by atoms with Gasteiger partial charge in [-0.25, -0.2) is 0 Å². The molecule has 0 saturated carbocycles. The fourth-order valence-electron chi connectivity index (χ4n) is 3.08. The minimum atomic E-state index is 0.734. The molecular formula is C14H29N3. The summed E-state index contributed by atoms with van der Waals surface area (Å²) in [5.41, 5.74) is 0. The van der Waals surface area contributed by atoms with Crippen molar-refractivity contribution in [3.8, 4) is 0 Å². The molecule has 0 aromatic rings. The third-order valence-electron chi connectivity index (χ3n) is 4.19. The number of hydrogen-bond donors (Lipinski definition) is 2. The maximum absolute atomic E-state index is 3.76. The molecule has 2 aliphatic rings. The molecule has 2 N–H and O–H groups in total. The van der Waals surface area contributed by atoms with Crippen LogP contribution >= 0.6 is 0 Å². The van der Waals surface area contributed by atoms with Crippen LogP contribution in [-0.4, -0.2) is 49.7 Å². The number of piperidine rings is 2. The fraction of sp³-hybridized carbons (Fsp3) is 1.00. The molecule has 2 heterocycles. The summed E-state index contributed by atoms with van der Waals surface area (Å²) in [7, 11) is 0. The van der Waals surface area contributed by atoms with Crippen molar-refractivity contribution in [3.05, 3.63) is 0 Å². The first-order valence-electron chi connectivity index (χ1n) is 7.57. The lowest BCUT2D eigenvalue weighted by Crippen LogP contribution is -2.48. The molecule has 0 spiro atoms. The highest BCUT2D eigenvalue weighted by Gasteiger charge is 2.19. The summed E-state index contributed by atoms with van der Waals surface area (Å²) in [6.07, 6.45) is 8.12. The van der Waals surface area contributed by atoms with Gasteiger partial charge in [0.05, 0.1) is 0 Å². The lowest BCUT2D eigenvalue weighted by Gasteiger charge is -2.33. The van der Waals surface area contributed by atoms with Gasteiger partial charge in [-0.15, -0.1) is 0 Å². The Morgan fingerprint density at radius 2 is 2.00 bits per heavy atom. The summed E-state index contributed by atoms with van der Waals surface area (Å²) in [4.78, 5) is 2.61. The number of hydrogen-bond acceptors (Lipinski definition) is 3. The molecule has 0 aliphatic carbocycles. The maximum atomic E-state index is 3.76. The van der Waals surface area contributed by atoms with Crippen molar-refractivity contribution >= 4 is 0 Å². The van der Waals surface area contributed by atoms with Crippen LogP contribution in [0, 0.1) is 0 Å². The van der Waals surface area contributed by atoms with Crippen LogP contribution in [0.2, 0.25) is 0 Å². The average molecular weight is 239 g/mol. The van der Waals surface area contributed by atoms with Crippen molar-refractivity contribution in [2.45, 2.75) is 57.5 Å². The molecule has 2 aliphatic heterocycles. The Morgan fingerprint density at radius 1 is 1.18 bits per heavy atom. The van der Waals surface area contributed by atoms with Gasteiger partial charge in [0.2, 0.25) is 0 Å². The van der Waals surface area contributed by atoms with E-state index in [0.29, 0.717) is 0 Å². The highest BCUT2D eigenvalue weighted by molar-refractivity contribution is 4.81. The van der Waals surface area contributed by atoms with Crippen molar-refractivity contribution < 1.29 is 0 Å². The van der Waals surface area contributed by atoms with E-state index in [1.807, 2.05) is 0 Å². The van der Waals surface area contributed by atoms with Gasteiger partial charge >= 0.3 is 0 Å². The highest BCUT2D eigenvalue weighted by Crippen LogP contribution is 2.11. The predicted octanol–water partition coefficient (Wildman–Crippen LogP) is 1.59. The molecular weight excluding hydrogens is 210 g/mol. The molecule has 0 amide bonds. The van der Waals surface area contributed by atoms with Gasteiger partial charge in [0, 0.05) is 18.6 Å². The van der Waals surface area contributed by atoms with E-state index >= 15 is 0 Å². The third-order valence-corrected chi connectivity index (χ3v) is 4.19. The Labute approximate surface area is 106 Å². The van der Waals surface area contributed by atoms with Gasteiger partial charge in [0.15, 0.2) is 0 Å². The topological polar surface area (TPSA) is 27.3 Å². The fourth-order valence-corrected chi connectivity index (χ4v) is 3.08. The van der Waals surface area contributed by atoms with Crippen LogP contribution in [0.4, 0.5) is 0 Å². The van der Waals surface area contributed by atoms with E-state index < -0.39 is 0 Å². The smallest absolute Gasteiger partial charge is 0.0192 e. The zero-order valence-electron chi connectivity index (χ0n) is 11.4. The van der Waals surface area contributed by atoms with Crippen molar-refractivity contribution in [1.82, 2.24) is 15.5 Å². The summed E-state index contributed by atoms with van der Waals surface area (Å²) >= 11 is 0. The molecule has 0 radical (unpaired) electrons. The zero-order chi connectivity index (χ0) is 11.9. The second-order valence-corrected chi connectivity index (χ2v) is 5.67. The molecule has 0 bridgehead atoms. The van der Waals surface area contributed by atoms with Gasteiger partial charge in [-0.3, -0.25) is 0 Å². The SMILES string of the molecule is CCCN1CCC(NCC2CCCCN2)CC1. The normalized spacial score (nSPS) is 28.4. The van der Waals surface area contributed by atoms with Crippen LogP contribution in [0.5, 0.6) is 0 Å². The van der Waals surface area contributed by atoms with Crippen LogP contribution in [0.1, 0.15) is 45.4 Å². The van der Waals surface area contributed by atoms with Crippen LogP contribution in [0.15, 0.2) is 0 Å². The van der Waals surface area contributed by atoms with E-state index in [0.717, 1.165) is 12.1 Å². The molecule has 3 nitrogen and oxygen atoms in total. The number of rotatable bonds is 5. The van der Waals surface area contributed by atoms with Gasteiger partial charge in [-0.2, -0.15) is 0 Å². The summed E-state index contributed by atoms with van der Waals surface area (Å²) in [5.74, 6) is 0. The predicted molar refractivity (Wildman–Crippen MR) is 73.4 cm³/mol. The second-order valence-electron chi connectivity index (χ2n) is 5.67. The van der Waals surface area contributed by atoms with Gasteiger partial charge in [-0.1, -0.05) is 13.3 Å². The second kappa shape index (κ2) is 7.34. The first kappa shape index (κ1) is 13.3. The van der Waals surface area contributed by atoms with Crippen molar-refractivity contribution in [2.75, 3.05) is 32.7 Å². The maximum Gasteiger partial charge on any atom is 0.0192 e. The lowest BCUT2D eigenvalue weighted by atomic mass is 10.0. The van der Waals surface area contributed by atoms with Gasteiger partial charge in [0.1, 0.15) is 0 Å². The van der Waals surface area contributed by atoms with E-state index in [1.54, 1.807) is 0 Å². The summed E-state index contributed by atoms with van der Waals surface area (Å²) in [5, 5.41) is 7.38. The molecule has 100 valence electrons. The molecule has 0 aromatic heterocycles. The molecule has 17 heavy (non-hydrogen) atoms. The quantitative estimate of drug-likeness (QED) is 0.763. The van der Waals surface area contributed by atoms with Crippen LogP contribution in [0.3, 0.4) is 0 Å². The molecule has 1 unspecified atom stereocenters. The summed E-state index contributed by atoms with van der Waals surface area (Å²) in [6.45, 7) is 8.56. The molecule has 2 rings (SSSR count). The summed E-state index contributed by atoms with van der Waals surface area (Å²) < 4.78 is 0. The van der Waals surface area contributed by atoms with Crippen LogP contribution in [0.25, 0.3) is 0 Å². The van der Waals surface area contributed by atoms with Crippen LogP contribution < -0.4 is 10.6 Å². The Hall–Kier alpha value is -0.120. The average Bonchev–Trinajstić information content (AvgIpc) is 2.40. The number of nitrogens with one attached hydrogen (secondary N) is 2. The van der Waals surface area contributed by atoms with E-state index in [-0.39, 0.29) is 0 Å². The van der Waals surface area contributed by atoms with E-state index in [9.17, 15) is 0 Å². The number of nitrogens with zero attached hydrogens (tertiary/aromatic N) is 1. The monoisotopic (exact) mass is 239 g/mol. The van der Waals surface area contributed by atoms with Crippen molar-refractivity contribution in [2.24, 2.45) is 0 Å². The molecule has 1 atom stereocenters. The Balaban J connectivity index is 1.57. The first-order chi connectivity index (χ1) is 8.38. The van der Waals surface area contributed by atoms with E-state index in [4.69, 9.17) is 0 Å². The van der Waals surface area contributed by atoms with E-state index in [2.05, 4.69) is 22.5 Å². The number of likely N-dealkylation sites (tertiary alicyclic amines) is 1. The van der Waals surface area contributed by atoms with Crippen LogP contribution in [-0.2, 0) is 0 Å². The third kappa shape index (κ3) is 4.57. The van der Waals surface area contributed by atoms with E-state index in [1.165, 1.54) is 71.2 Å². The molecule has 0 aromatic carbocycles. The minimum Gasteiger partial charge on any atom is -0.313 e. The molecule has 2 fully saturated rings. The van der Waals surface area contributed by atoms with Gasteiger partial charge in [-0.05, 0) is 58.3 Å². The molecule has 2 saturated heterocycles. The standard InChI is InChI=1S/C14H29N3/c1-2-9-17-10-6-13(7-11-17)16-12-14-5-3-4-8-15-14/h13-16H,2-12H2,1H3. The highest BCUT2D eigenvalue weighted by atomic mass is 15.1. The largest absolute Gasteiger partial charge is 0.313 e. The molecule has 3 heteroatoms. The summed E-state index contributed by atoms with van der Waals surface area (Å²) in [6, 6.07) is 1.50. The Morgan fingerprint density at radius 3 is 2.65 bits per heavy atom. The first-order valence-corrected chi connectivity index (χ1v) is 7.57. The van der Waals surface area contributed by atoms with Gasteiger partial charge in [0.25, 0.3) is 0 Å². The van der Waals surface area contributed by atoms with Gasteiger partial charge < -0.3 is 15.5 Å². The zero-order valence-corrected chi connectivity index (χ0v) is 11.4. The van der Waals surface area contributed by atoms with Crippen molar-refractivity contribution in [1.29, 1.82) is 0 Å². The van der Waals surface area contributed by atoms with Crippen molar-refractivity contribution in [3.63, 3.8) is 0 Å². The Bertz CT molecular complexity index is 194. The Kier molecular flexibility index (Phi) is 5.75. The lowest BCUT2D eigenvalue weighted by molar-refractivity contribution is 0.194. The minimum absolute atomic E-state index is 0.734.